The van der Waals surface area contributed by atoms with E-state index in [0.29, 0.717) is 35.1 Å². The molecule has 160 valence electrons. The highest BCUT2D eigenvalue weighted by Gasteiger charge is 2.17. The molecule has 1 aromatic heterocycles. The molecule has 0 saturated heterocycles. The van der Waals surface area contributed by atoms with Crippen LogP contribution in [0, 0.1) is 0 Å². The molecule has 30 heavy (non-hydrogen) atoms. The molecule has 0 bridgehead atoms. The molecular weight excluding hydrogens is 446 g/mol. The quantitative estimate of drug-likeness (QED) is 0.499. The van der Waals surface area contributed by atoms with E-state index in [-0.39, 0.29) is 4.90 Å². The molecule has 1 amide bonds. The molecule has 3 aromatic rings. The molecule has 0 radical (unpaired) electrons. The second-order valence-corrected chi connectivity index (χ2v) is 10.2. The van der Waals surface area contributed by atoms with Crippen molar-refractivity contribution in [3.8, 4) is 0 Å². The summed E-state index contributed by atoms with van der Waals surface area (Å²) in [4.78, 5) is 17.7. The number of carbonyl (C=O) groups excluding carboxylic acids is 1. The van der Waals surface area contributed by atoms with Crippen LogP contribution in [0.1, 0.15) is 17.3 Å². The van der Waals surface area contributed by atoms with Gasteiger partial charge in [-0.25, -0.2) is 12.7 Å². The molecular formula is C20H22ClN3O4S2. The fraction of sp³-hybridized carbons (Fsp3) is 0.300. The van der Waals surface area contributed by atoms with Gasteiger partial charge in [-0.05, 0) is 49.4 Å². The lowest BCUT2D eigenvalue weighted by Crippen LogP contribution is -2.22. The van der Waals surface area contributed by atoms with Gasteiger partial charge in [0.15, 0.2) is 4.80 Å². The molecule has 0 spiro atoms. The number of ether oxygens (including phenoxy) is 1. The van der Waals surface area contributed by atoms with Crippen molar-refractivity contribution in [3.05, 3.63) is 57.9 Å². The van der Waals surface area contributed by atoms with Crippen LogP contribution in [0.15, 0.2) is 52.4 Å². The summed E-state index contributed by atoms with van der Waals surface area (Å²) >= 11 is 7.47. The molecule has 0 aliphatic carbocycles. The minimum absolute atomic E-state index is 0.118. The Hall–Kier alpha value is -2.04. The van der Waals surface area contributed by atoms with Gasteiger partial charge in [0.2, 0.25) is 10.0 Å². The number of fused-ring (bicyclic) bond motifs is 1. The maximum Gasteiger partial charge on any atom is 0.279 e. The number of benzene rings is 2. The zero-order chi connectivity index (χ0) is 21.9. The second kappa shape index (κ2) is 9.40. The van der Waals surface area contributed by atoms with Gasteiger partial charge in [-0.3, -0.25) is 4.79 Å². The number of rotatable bonds is 7. The van der Waals surface area contributed by atoms with Crippen molar-refractivity contribution in [2.45, 2.75) is 18.4 Å². The zero-order valence-corrected chi connectivity index (χ0v) is 19.2. The van der Waals surface area contributed by atoms with Crippen molar-refractivity contribution in [2.24, 2.45) is 4.99 Å². The van der Waals surface area contributed by atoms with E-state index in [0.717, 1.165) is 14.5 Å². The summed E-state index contributed by atoms with van der Waals surface area (Å²) in [7, 11) is -0.643. The number of nitrogens with zero attached hydrogens (tertiary/aromatic N) is 3. The molecule has 0 aliphatic rings. The third-order valence-electron chi connectivity index (χ3n) is 4.39. The average Bonchev–Trinajstić information content (AvgIpc) is 3.04. The van der Waals surface area contributed by atoms with Gasteiger partial charge in [-0.1, -0.05) is 22.9 Å². The van der Waals surface area contributed by atoms with Gasteiger partial charge >= 0.3 is 0 Å². The number of halogens is 1. The van der Waals surface area contributed by atoms with Gasteiger partial charge in [0.05, 0.1) is 21.7 Å². The summed E-state index contributed by atoms with van der Waals surface area (Å²) in [6.45, 7) is 3.55. The van der Waals surface area contributed by atoms with Crippen molar-refractivity contribution < 1.29 is 17.9 Å². The van der Waals surface area contributed by atoms with Crippen molar-refractivity contribution in [3.63, 3.8) is 0 Å². The van der Waals surface area contributed by atoms with E-state index < -0.39 is 15.9 Å². The van der Waals surface area contributed by atoms with Gasteiger partial charge in [-0.15, -0.1) is 0 Å². The molecule has 0 unspecified atom stereocenters. The summed E-state index contributed by atoms with van der Waals surface area (Å²) in [6, 6.07) is 11.3. The molecule has 0 aliphatic heterocycles. The number of hydrogen-bond acceptors (Lipinski definition) is 5. The van der Waals surface area contributed by atoms with E-state index >= 15 is 0 Å². The first-order chi connectivity index (χ1) is 14.2. The molecule has 7 nitrogen and oxygen atoms in total. The minimum Gasteiger partial charge on any atom is -0.380 e. The van der Waals surface area contributed by atoms with Gasteiger partial charge in [-0.2, -0.15) is 4.99 Å². The summed E-state index contributed by atoms with van der Waals surface area (Å²) in [6.07, 6.45) is 0. The Morgan fingerprint density at radius 2 is 1.90 bits per heavy atom. The highest BCUT2D eigenvalue weighted by atomic mass is 35.5. The zero-order valence-electron chi connectivity index (χ0n) is 16.8. The molecule has 3 rings (SSSR count). The lowest BCUT2D eigenvalue weighted by molar-refractivity contribution is 0.0996. The van der Waals surface area contributed by atoms with E-state index in [4.69, 9.17) is 16.3 Å². The average molecular weight is 468 g/mol. The third kappa shape index (κ3) is 4.81. The Labute approximate surface area is 184 Å². The molecule has 2 aromatic carbocycles. The third-order valence-corrected chi connectivity index (χ3v) is 7.49. The van der Waals surface area contributed by atoms with E-state index in [1.807, 2.05) is 23.6 Å². The van der Waals surface area contributed by atoms with Gasteiger partial charge < -0.3 is 9.30 Å². The number of carbonyl (C=O) groups is 1. The predicted molar refractivity (Wildman–Crippen MR) is 119 cm³/mol. The number of amides is 1. The maximum atomic E-state index is 12.7. The summed E-state index contributed by atoms with van der Waals surface area (Å²) < 4.78 is 33.8. The highest BCUT2D eigenvalue weighted by molar-refractivity contribution is 7.89. The van der Waals surface area contributed by atoms with Crippen molar-refractivity contribution in [1.82, 2.24) is 8.87 Å². The van der Waals surface area contributed by atoms with Crippen LogP contribution in [0.2, 0.25) is 5.02 Å². The van der Waals surface area contributed by atoms with Crippen LogP contribution in [0.25, 0.3) is 10.2 Å². The maximum absolute atomic E-state index is 12.7. The van der Waals surface area contributed by atoms with Crippen molar-refractivity contribution >= 4 is 49.1 Å². The Kier molecular flexibility index (Phi) is 7.10. The summed E-state index contributed by atoms with van der Waals surface area (Å²) in [5.41, 5.74) is 1.22. The van der Waals surface area contributed by atoms with Gasteiger partial charge in [0.25, 0.3) is 5.91 Å². The van der Waals surface area contributed by atoms with Crippen LogP contribution in [0.3, 0.4) is 0 Å². The lowest BCUT2D eigenvalue weighted by atomic mass is 10.2. The van der Waals surface area contributed by atoms with E-state index in [1.165, 1.54) is 49.7 Å². The van der Waals surface area contributed by atoms with E-state index in [2.05, 4.69) is 4.99 Å². The second-order valence-electron chi connectivity index (χ2n) is 6.57. The first-order valence-corrected chi connectivity index (χ1v) is 11.9. The molecule has 10 heteroatoms. The molecule has 0 atom stereocenters. The van der Waals surface area contributed by atoms with Crippen LogP contribution >= 0.6 is 22.9 Å². The number of sulfonamides is 1. The molecule has 1 heterocycles. The van der Waals surface area contributed by atoms with Crippen LogP contribution in [0.5, 0.6) is 0 Å². The van der Waals surface area contributed by atoms with Crippen LogP contribution in [0.4, 0.5) is 0 Å². The normalized spacial score (nSPS) is 12.8. The fourth-order valence-electron chi connectivity index (χ4n) is 2.78. The summed E-state index contributed by atoms with van der Waals surface area (Å²) in [5, 5.41) is 0.608. The number of hydrogen-bond donors (Lipinski definition) is 0. The first kappa shape index (κ1) is 22.6. The summed E-state index contributed by atoms with van der Waals surface area (Å²) in [5.74, 6) is -0.452. The van der Waals surface area contributed by atoms with Crippen LogP contribution < -0.4 is 4.80 Å². The first-order valence-electron chi connectivity index (χ1n) is 9.22. The topological polar surface area (TPSA) is 81.0 Å². The highest BCUT2D eigenvalue weighted by Crippen LogP contribution is 2.22. The largest absolute Gasteiger partial charge is 0.380 e. The Morgan fingerprint density at radius 3 is 2.53 bits per heavy atom. The van der Waals surface area contributed by atoms with Crippen molar-refractivity contribution in [2.75, 3.05) is 27.3 Å². The Bertz CT molecular complexity index is 1230. The monoisotopic (exact) mass is 467 g/mol. The number of thiazole rings is 1. The number of aromatic nitrogens is 1. The Morgan fingerprint density at radius 1 is 1.20 bits per heavy atom. The van der Waals surface area contributed by atoms with E-state index in [9.17, 15) is 13.2 Å². The molecule has 0 fully saturated rings. The lowest BCUT2D eigenvalue weighted by Gasteiger charge is -2.11. The molecule has 0 saturated carbocycles. The van der Waals surface area contributed by atoms with Crippen LogP contribution in [-0.4, -0.2) is 50.5 Å². The smallest absolute Gasteiger partial charge is 0.279 e. The minimum atomic E-state index is -3.56. The van der Waals surface area contributed by atoms with Gasteiger partial charge in [0, 0.05) is 37.8 Å². The Balaban J connectivity index is 1.99. The van der Waals surface area contributed by atoms with Gasteiger partial charge in [0.1, 0.15) is 0 Å². The van der Waals surface area contributed by atoms with Crippen molar-refractivity contribution in [1.29, 1.82) is 0 Å². The molecule has 0 N–H and O–H groups in total. The fourth-order valence-corrected chi connectivity index (χ4v) is 5.01. The van der Waals surface area contributed by atoms with Crippen LogP contribution in [-0.2, 0) is 21.3 Å². The SMILES string of the molecule is CCOCCn1c(=NC(=O)c2ccc(S(=O)(=O)N(C)C)cc2)sc2cc(Cl)ccc21. The predicted octanol–water partition coefficient (Wildman–Crippen LogP) is 3.38. The van der Waals surface area contributed by atoms with E-state index in [1.54, 1.807) is 6.07 Å². The standard InChI is InChI=1S/C20H22ClN3O4S2/c1-4-28-12-11-24-17-10-7-15(21)13-18(17)29-20(24)22-19(25)14-5-8-16(9-6-14)30(26,27)23(2)3/h5-10,13H,4,11-12H2,1-3H3.